The number of halogens is 1. The first-order chi connectivity index (χ1) is 19.0. The number of hydrogen-bond acceptors (Lipinski definition) is 8. The van der Waals surface area contributed by atoms with Crippen molar-refractivity contribution < 1.29 is 9.84 Å². The van der Waals surface area contributed by atoms with E-state index in [1.54, 1.807) is 6.07 Å². The highest BCUT2D eigenvalue weighted by atomic mass is 35.5. The number of hydrogen-bond donors (Lipinski definition) is 2. The van der Waals surface area contributed by atoms with Crippen LogP contribution in [0.5, 0.6) is 11.8 Å². The molecule has 4 aliphatic heterocycles. The van der Waals surface area contributed by atoms with Crippen LogP contribution in [0.2, 0.25) is 5.02 Å². The second-order valence-electron chi connectivity index (χ2n) is 11.7. The number of fused-ring (bicyclic) bond motifs is 3. The summed E-state index contributed by atoms with van der Waals surface area (Å²) in [6, 6.07) is 10.3. The Balaban J connectivity index is 1.24. The van der Waals surface area contributed by atoms with Crippen LogP contribution in [0.15, 0.2) is 30.3 Å². The minimum Gasteiger partial charge on any atom is -0.508 e. The van der Waals surface area contributed by atoms with E-state index in [0.29, 0.717) is 30.2 Å². The van der Waals surface area contributed by atoms with Gasteiger partial charge < -0.3 is 25.0 Å². The van der Waals surface area contributed by atoms with Crippen LogP contribution in [0.25, 0.3) is 10.8 Å². The van der Waals surface area contributed by atoms with Gasteiger partial charge in [-0.1, -0.05) is 23.7 Å². The first-order valence-electron chi connectivity index (χ1n) is 14.4. The first-order valence-corrected chi connectivity index (χ1v) is 14.8. The molecule has 3 fully saturated rings. The fraction of sp³-hybridized carbons (Fsp3) is 0.533. The summed E-state index contributed by atoms with van der Waals surface area (Å²) in [7, 11) is 2.16. The smallest absolute Gasteiger partial charge is 0.318 e. The number of phenolic OH excluding ortho intramolecular Hbond substituents is 1. The quantitative estimate of drug-likeness (QED) is 0.471. The van der Waals surface area contributed by atoms with Crippen molar-refractivity contribution in [1.29, 1.82) is 0 Å². The third-order valence-corrected chi connectivity index (χ3v) is 9.77. The normalized spacial score (nSPS) is 22.3. The van der Waals surface area contributed by atoms with Crippen molar-refractivity contribution in [2.24, 2.45) is 0 Å². The van der Waals surface area contributed by atoms with Crippen LogP contribution in [0.3, 0.4) is 0 Å². The van der Waals surface area contributed by atoms with Gasteiger partial charge in [-0.3, -0.25) is 4.90 Å². The van der Waals surface area contributed by atoms with Gasteiger partial charge in [0.25, 0.3) is 0 Å². The Labute approximate surface area is 234 Å². The van der Waals surface area contributed by atoms with Crippen molar-refractivity contribution >= 4 is 33.9 Å². The fourth-order valence-corrected chi connectivity index (χ4v) is 7.63. The molecule has 0 saturated carbocycles. The lowest BCUT2D eigenvalue weighted by atomic mass is 9.95. The highest BCUT2D eigenvalue weighted by Crippen LogP contribution is 2.41. The number of aromatic nitrogens is 2. The minimum absolute atomic E-state index is 0.143. The minimum atomic E-state index is 0.143. The van der Waals surface area contributed by atoms with Crippen molar-refractivity contribution in [3.63, 3.8) is 0 Å². The van der Waals surface area contributed by atoms with Crippen molar-refractivity contribution in [2.75, 3.05) is 56.2 Å². The molecule has 7 rings (SSSR count). The average molecular weight is 549 g/mol. The van der Waals surface area contributed by atoms with Crippen LogP contribution < -0.4 is 19.9 Å². The second kappa shape index (κ2) is 9.98. The Morgan fingerprint density at radius 3 is 2.82 bits per heavy atom. The van der Waals surface area contributed by atoms with Gasteiger partial charge in [-0.2, -0.15) is 9.97 Å². The third-order valence-electron chi connectivity index (χ3n) is 9.45. The van der Waals surface area contributed by atoms with Crippen molar-refractivity contribution in [3.8, 4) is 11.8 Å². The highest BCUT2D eigenvalue weighted by Gasteiger charge is 2.45. The van der Waals surface area contributed by atoms with Gasteiger partial charge >= 0.3 is 6.01 Å². The molecule has 0 radical (unpaired) electrons. The van der Waals surface area contributed by atoms with E-state index in [9.17, 15) is 5.11 Å². The molecule has 5 heterocycles. The Morgan fingerprint density at radius 1 is 1.18 bits per heavy atom. The molecular formula is C30H37ClN6O2. The van der Waals surface area contributed by atoms with Gasteiger partial charge in [-0.25, -0.2) is 0 Å². The molecule has 1 atom stereocenters. The molecule has 1 aromatic heterocycles. The van der Waals surface area contributed by atoms with E-state index >= 15 is 0 Å². The third kappa shape index (κ3) is 4.46. The van der Waals surface area contributed by atoms with Crippen LogP contribution in [0.4, 0.5) is 11.5 Å². The van der Waals surface area contributed by atoms with E-state index in [-0.39, 0.29) is 11.3 Å². The Kier molecular flexibility index (Phi) is 6.45. The monoisotopic (exact) mass is 548 g/mol. The number of likely N-dealkylation sites (N-methyl/N-ethyl adjacent to an activating group) is 1. The summed E-state index contributed by atoms with van der Waals surface area (Å²) in [5.74, 6) is 1.23. The summed E-state index contributed by atoms with van der Waals surface area (Å²) < 4.78 is 6.48. The van der Waals surface area contributed by atoms with E-state index in [1.807, 2.05) is 24.3 Å². The summed E-state index contributed by atoms with van der Waals surface area (Å²) in [6.07, 6.45) is 6.78. The number of rotatable bonds is 6. The van der Waals surface area contributed by atoms with E-state index in [1.165, 1.54) is 44.3 Å². The predicted octanol–water partition coefficient (Wildman–Crippen LogP) is 4.36. The van der Waals surface area contributed by atoms with E-state index in [2.05, 4.69) is 27.1 Å². The number of anilines is 2. The van der Waals surface area contributed by atoms with Crippen molar-refractivity contribution in [2.45, 2.75) is 56.7 Å². The van der Waals surface area contributed by atoms with Gasteiger partial charge in [0.1, 0.15) is 18.2 Å². The maximum absolute atomic E-state index is 10.5. The van der Waals surface area contributed by atoms with E-state index in [4.69, 9.17) is 26.3 Å². The maximum Gasteiger partial charge on any atom is 0.318 e. The molecule has 3 aromatic rings. The van der Waals surface area contributed by atoms with Gasteiger partial charge in [0.15, 0.2) is 0 Å². The van der Waals surface area contributed by atoms with Crippen LogP contribution in [-0.2, 0) is 13.0 Å². The summed E-state index contributed by atoms with van der Waals surface area (Å²) in [6.45, 7) is 6.39. The number of nitrogens with zero attached hydrogens (tertiary/aromatic N) is 5. The summed E-state index contributed by atoms with van der Waals surface area (Å²) >= 11 is 6.68. The molecule has 3 saturated heterocycles. The number of ether oxygens (including phenoxy) is 1. The SMILES string of the molecule is CN(c1nc(OCC23CCCN2CCC3)nc2c1CCN(c1cc(O)cc3cccc(Cl)c13)C2)C1CCNC1. The van der Waals surface area contributed by atoms with Gasteiger partial charge in [-0.15, -0.1) is 0 Å². The molecule has 0 amide bonds. The standard InChI is InChI=1S/C30H37ClN6O2/c1-35(21-7-11-32-17-21)28-23-8-14-36(26-16-22(38)15-20-5-2-6-24(31)27(20)26)18-25(23)33-29(34-28)39-19-30-9-3-12-37(30)13-4-10-30/h2,5-6,15-16,21,32,38H,3-4,7-14,17-19H2,1H3. The van der Waals surface area contributed by atoms with Gasteiger partial charge in [-0.05, 0) is 75.7 Å². The molecule has 0 aliphatic carbocycles. The first kappa shape index (κ1) is 25.2. The Hall–Kier alpha value is -2.81. The Bertz CT molecular complexity index is 1380. The van der Waals surface area contributed by atoms with Crippen molar-refractivity contribution in [1.82, 2.24) is 20.2 Å². The largest absolute Gasteiger partial charge is 0.508 e. The highest BCUT2D eigenvalue weighted by molar-refractivity contribution is 6.36. The summed E-state index contributed by atoms with van der Waals surface area (Å²) in [5, 5.41) is 16.6. The second-order valence-corrected chi connectivity index (χ2v) is 12.1. The molecule has 9 heteroatoms. The zero-order valence-corrected chi connectivity index (χ0v) is 23.4. The summed E-state index contributed by atoms with van der Waals surface area (Å²) in [4.78, 5) is 17.3. The molecule has 39 heavy (non-hydrogen) atoms. The zero-order valence-electron chi connectivity index (χ0n) is 22.6. The van der Waals surface area contributed by atoms with E-state index in [0.717, 1.165) is 60.4 Å². The van der Waals surface area contributed by atoms with Crippen LogP contribution in [0.1, 0.15) is 43.4 Å². The van der Waals surface area contributed by atoms with E-state index < -0.39 is 0 Å². The van der Waals surface area contributed by atoms with Crippen LogP contribution >= 0.6 is 11.6 Å². The van der Waals surface area contributed by atoms with Crippen LogP contribution in [0, 0.1) is 0 Å². The summed E-state index contributed by atoms with van der Waals surface area (Å²) in [5.41, 5.74) is 3.27. The Morgan fingerprint density at radius 2 is 2.03 bits per heavy atom. The molecule has 8 nitrogen and oxygen atoms in total. The average Bonchev–Trinajstić information content (AvgIpc) is 3.68. The maximum atomic E-state index is 10.5. The van der Waals surface area contributed by atoms with Crippen molar-refractivity contribution in [3.05, 3.63) is 46.6 Å². The number of phenols is 1. The lowest BCUT2D eigenvalue weighted by Crippen LogP contribution is -2.43. The molecule has 206 valence electrons. The fourth-order valence-electron chi connectivity index (χ4n) is 7.35. The predicted molar refractivity (Wildman–Crippen MR) is 155 cm³/mol. The molecule has 1 unspecified atom stereocenters. The topological polar surface area (TPSA) is 77.0 Å². The molecule has 2 N–H and O–H groups in total. The lowest BCUT2D eigenvalue weighted by Gasteiger charge is -2.35. The number of aromatic hydroxyl groups is 1. The molecule has 0 bridgehead atoms. The van der Waals surface area contributed by atoms with Gasteiger partial charge in [0.2, 0.25) is 0 Å². The molecule has 2 aromatic carbocycles. The lowest BCUT2D eigenvalue weighted by molar-refractivity contribution is 0.107. The number of nitrogens with one attached hydrogen (secondary N) is 1. The van der Waals surface area contributed by atoms with Gasteiger partial charge in [0, 0.05) is 43.2 Å². The van der Waals surface area contributed by atoms with Crippen LogP contribution in [-0.4, -0.2) is 77.9 Å². The zero-order chi connectivity index (χ0) is 26.6. The molecular weight excluding hydrogens is 512 g/mol. The number of benzene rings is 2. The molecule has 4 aliphatic rings. The molecule has 0 spiro atoms. The van der Waals surface area contributed by atoms with Gasteiger partial charge in [0.05, 0.1) is 28.5 Å².